The average molecular weight is 373 g/mol. The van der Waals surface area contributed by atoms with Crippen molar-refractivity contribution in [3.05, 3.63) is 52.3 Å². The average Bonchev–Trinajstić information content (AvgIpc) is 3.06. The Morgan fingerprint density at radius 2 is 2.08 bits per heavy atom. The Balaban J connectivity index is 2.31. The molecule has 0 spiro atoms. The lowest BCUT2D eigenvalue weighted by molar-refractivity contribution is -0.114. The van der Waals surface area contributed by atoms with Crippen molar-refractivity contribution >= 4 is 29.6 Å². The van der Waals surface area contributed by atoms with Crippen LogP contribution >= 0.6 is 11.6 Å². The first kappa shape index (κ1) is 19.3. The highest BCUT2D eigenvalue weighted by atomic mass is 35.5. The van der Waals surface area contributed by atoms with Crippen LogP contribution < -0.4 is 5.73 Å². The van der Waals surface area contributed by atoms with Gasteiger partial charge in [-0.25, -0.2) is 4.79 Å². The van der Waals surface area contributed by atoms with E-state index in [2.05, 4.69) is 0 Å². The molecule has 1 heterocycles. The van der Waals surface area contributed by atoms with Crippen LogP contribution in [0.25, 0.3) is 17.4 Å². The summed E-state index contributed by atoms with van der Waals surface area (Å²) in [4.78, 5) is 23.3. The van der Waals surface area contributed by atoms with Gasteiger partial charge in [-0.3, -0.25) is 4.79 Å². The van der Waals surface area contributed by atoms with E-state index in [1.54, 1.807) is 36.4 Å². The highest BCUT2D eigenvalue weighted by Crippen LogP contribution is 2.28. The highest BCUT2D eigenvalue weighted by molar-refractivity contribution is 6.33. The second kappa shape index (κ2) is 8.37. The summed E-state index contributed by atoms with van der Waals surface area (Å²) in [5.41, 5.74) is 5.70. The molecule has 2 rings (SSSR count). The maximum Gasteiger partial charge on any atom is 0.339 e. The normalized spacial score (nSPS) is 11.3. The first-order chi connectivity index (χ1) is 12.3. The van der Waals surface area contributed by atoms with Crippen LogP contribution in [0.3, 0.4) is 0 Å². The van der Waals surface area contributed by atoms with Crippen LogP contribution in [0.15, 0.2) is 40.3 Å². The quantitative estimate of drug-likeness (QED) is 0.471. The summed E-state index contributed by atoms with van der Waals surface area (Å²) in [5.74, 6) is -0.424. The zero-order valence-electron chi connectivity index (χ0n) is 14.3. The zero-order chi connectivity index (χ0) is 19.3. The van der Waals surface area contributed by atoms with E-state index in [0.29, 0.717) is 17.9 Å². The molecule has 0 aliphatic rings. The maximum atomic E-state index is 12.2. The fourth-order valence-corrected chi connectivity index (χ4v) is 2.24. The molecule has 0 saturated carbocycles. The van der Waals surface area contributed by atoms with E-state index >= 15 is 0 Å². The minimum Gasteiger partial charge on any atom is -0.462 e. The number of nitrogens with two attached hydrogens (primary N) is 1. The number of carbonyl (C=O) groups excluding carboxylic acids is 2. The van der Waals surface area contributed by atoms with Gasteiger partial charge in [-0.15, -0.1) is 0 Å². The number of nitriles is 1. The predicted molar refractivity (Wildman–Crippen MR) is 97.1 cm³/mol. The van der Waals surface area contributed by atoms with Gasteiger partial charge < -0.3 is 14.9 Å². The fraction of sp³-hybridized carbons (Fsp3) is 0.211. The van der Waals surface area contributed by atoms with Crippen LogP contribution in [-0.2, 0) is 9.53 Å². The third kappa shape index (κ3) is 4.74. The lowest BCUT2D eigenvalue weighted by atomic mass is 10.1. The van der Waals surface area contributed by atoms with Crippen LogP contribution in [0.2, 0.25) is 5.02 Å². The van der Waals surface area contributed by atoms with E-state index in [9.17, 15) is 9.59 Å². The van der Waals surface area contributed by atoms with Gasteiger partial charge in [0.1, 0.15) is 23.2 Å². The molecule has 0 aliphatic carbocycles. The molecule has 1 aromatic carbocycles. The summed E-state index contributed by atoms with van der Waals surface area (Å²) >= 11 is 6.09. The van der Waals surface area contributed by atoms with Gasteiger partial charge in [0.15, 0.2) is 0 Å². The number of nitrogens with zero attached hydrogens (tertiary/aromatic N) is 1. The maximum absolute atomic E-state index is 12.2. The minimum atomic E-state index is -0.841. The SMILES string of the molecule is CC(C)COC(=O)c1cc(-c2ccc(/C=C(\C#N)C(N)=O)o2)ccc1Cl. The van der Waals surface area contributed by atoms with Gasteiger partial charge in [-0.2, -0.15) is 5.26 Å². The first-order valence-corrected chi connectivity index (χ1v) is 8.18. The predicted octanol–water partition coefficient (Wildman–Crippen LogP) is 3.81. The number of ether oxygens (including phenoxy) is 1. The van der Waals surface area contributed by atoms with Crippen molar-refractivity contribution in [2.24, 2.45) is 11.7 Å². The van der Waals surface area contributed by atoms with E-state index in [0.717, 1.165) is 0 Å². The van der Waals surface area contributed by atoms with Crippen molar-refractivity contribution in [2.45, 2.75) is 13.8 Å². The van der Waals surface area contributed by atoms with Gasteiger partial charge in [0.2, 0.25) is 0 Å². The first-order valence-electron chi connectivity index (χ1n) is 7.80. The number of primary amides is 1. The molecule has 0 bridgehead atoms. The molecular weight excluding hydrogens is 356 g/mol. The number of hydrogen-bond donors (Lipinski definition) is 1. The molecule has 6 nitrogen and oxygen atoms in total. The summed E-state index contributed by atoms with van der Waals surface area (Å²) in [7, 11) is 0. The van der Waals surface area contributed by atoms with Crippen LogP contribution in [0.1, 0.15) is 30.0 Å². The van der Waals surface area contributed by atoms with Crippen molar-refractivity contribution in [3.63, 3.8) is 0 Å². The second-order valence-electron chi connectivity index (χ2n) is 5.92. The van der Waals surface area contributed by atoms with Crippen molar-refractivity contribution in [1.82, 2.24) is 0 Å². The number of halogens is 1. The molecule has 1 aromatic heterocycles. The molecule has 0 atom stereocenters. The summed E-state index contributed by atoms with van der Waals surface area (Å²) in [6.45, 7) is 4.16. The Kier molecular flexibility index (Phi) is 6.21. The fourth-order valence-electron chi connectivity index (χ4n) is 2.04. The largest absolute Gasteiger partial charge is 0.462 e. The second-order valence-corrected chi connectivity index (χ2v) is 6.33. The van der Waals surface area contributed by atoms with Crippen LogP contribution in [0.5, 0.6) is 0 Å². The summed E-state index contributed by atoms with van der Waals surface area (Å²) < 4.78 is 10.8. The number of amides is 1. The van der Waals surface area contributed by atoms with Crippen molar-refractivity contribution in [3.8, 4) is 17.4 Å². The Labute approximate surface area is 155 Å². The molecule has 0 saturated heterocycles. The van der Waals surface area contributed by atoms with E-state index in [1.165, 1.54) is 6.08 Å². The third-order valence-electron chi connectivity index (χ3n) is 3.32. The Morgan fingerprint density at radius 1 is 1.35 bits per heavy atom. The minimum absolute atomic E-state index is 0.208. The van der Waals surface area contributed by atoms with Crippen molar-refractivity contribution in [2.75, 3.05) is 6.61 Å². The van der Waals surface area contributed by atoms with Gasteiger partial charge in [-0.1, -0.05) is 25.4 Å². The lowest BCUT2D eigenvalue weighted by Crippen LogP contribution is -2.12. The molecule has 7 heteroatoms. The molecular formula is C19H17ClN2O4. The van der Waals surface area contributed by atoms with E-state index < -0.39 is 11.9 Å². The van der Waals surface area contributed by atoms with Gasteiger partial charge >= 0.3 is 5.97 Å². The van der Waals surface area contributed by atoms with Crippen molar-refractivity contribution < 1.29 is 18.7 Å². The number of furan rings is 1. The Hall–Kier alpha value is -3.04. The molecule has 0 unspecified atom stereocenters. The van der Waals surface area contributed by atoms with Gasteiger partial charge in [0.05, 0.1) is 17.2 Å². The summed E-state index contributed by atoms with van der Waals surface area (Å²) in [6.07, 6.45) is 1.25. The van der Waals surface area contributed by atoms with Gasteiger partial charge in [-0.05, 0) is 36.2 Å². The van der Waals surface area contributed by atoms with Crippen LogP contribution in [0.4, 0.5) is 0 Å². The topological polar surface area (TPSA) is 106 Å². The standard InChI is InChI=1S/C19H17ClN2O4/c1-11(2)10-25-19(24)15-8-12(3-5-16(15)20)17-6-4-14(26-17)7-13(9-21)18(22)23/h3-8,11H,10H2,1-2H3,(H2,22,23)/b13-7+. The monoisotopic (exact) mass is 372 g/mol. The van der Waals surface area contributed by atoms with E-state index in [-0.39, 0.29) is 27.8 Å². The Morgan fingerprint density at radius 3 is 2.69 bits per heavy atom. The molecule has 134 valence electrons. The number of rotatable bonds is 6. The highest BCUT2D eigenvalue weighted by Gasteiger charge is 2.15. The van der Waals surface area contributed by atoms with Crippen LogP contribution in [0, 0.1) is 17.2 Å². The number of benzene rings is 1. The molecule has 1 amide bonds. The Bertz CT molecular complexity index is 907. The number of hydrogen-bond acceptors (Lipinski definition) is 5. The zero-order valence-corrected chi connectivity index (χ0v) is 15.0. The van der Waals surface area contributed by atoms with Gasteiger partial charge in [0.25, 0.3) is 5.91 Å². The van der Waals surface area contributed by atoms with E-state index in [1.807, 2.05) is 13.8 Å². The van der Waals surface area contributed by atoms with Crippen LogP contribution in [-0.4, -0.2) is 18.5 Å². The summed E-state index contributed by atoms with van der Waals surface area (Å²) in [6, 6.07) is 9.76. The van der Waals surface area contributed by atoms with E-state index in [4.69, 9.17) is 31.8 Å². The molecule has 2 aromatic rings. The molecule has 26 heavy (non-hydrogen) atoms. The third-order valence-corrected chi connectivity index (χ3v) is 3.65. The number of carbonyl (C=O) groups is 2. The smallest absolute Gasteiger partial charge is 0.339 e. The molecule has 0 radical (unpaired) electrons. The molecule has 0 aliphatic heterocycles. The summed E-state index contributed by atoms with van der Waals surface area (Å²) in [5, 5.41) is 9.15. The molecule has 0 fully saturated rings. The van der Waals surface area contributed by atoms with Gasteiger partial charge in [0, 0.05) is 11.6 Å². The molecule has 2 N–H and O–H groups in total. The lowest BCUT2D eigenvalue weighted by Gasteiger charge is -2.09. The number of esters is 1. The van der Waals surface area contributed by atoms with Crippen molar-refractivity contribution in [1.29, 1.82) is 5.26 Å².